The van der Waals surface area contributed by atoms with E-state index >= 15 is 0 Å². The van der Waals surface area contributed by atoms with E-state index in [4.69, 9.17) is 0 Å². The molecule has 5 nitrogen and oxygen atoms in total. The molecule has 1 amide bonds. The quantitative estimate of drug-likeness (QED) is 0.934. The highest BCUT2D eigenvalue weighted by atomic mass is 16.1. The highest BCUT2D eigenvalue weighted by Crippen LogP contribution is 2.16. The van der Waals surface area contributed by atoms with E-state index < -0.39 is 0 Å². The molecule has 0 atom stereocenters. The smallest absolute Gasteiger partial charge is 0.228 e. The third-order valence-electron chi connectivity index (χ3n) is 3.52. The van der Waals surface area contributed by atoms with Gasteiger partial charge in [0.25, 0.3) is 0 Å². The fourth-order valence-electron chi connectivity index (χ4n) is 2.45. The molecule has 0 bridgehead atoms. The lowest BCUT2D eigenvalue weighted by atomic mass is 10.1. The van der Waals surface area contributed by atoms with Crippen molar-refractivity contribution >= 4 is 17.5 Å². The minimum absolute atomic E-state index is 0.0567. The first-order valence-electron chi connectivity index (χ1n) is 7.22. The van der Waals surface area contributed by atoms with Crippen molar-refractivity contribution < 1.29 is 4.79 Å². The second kappa shape index (κ2) is 6.35. The Morgan fingerprint density at radius 3 is 2.43 bits per heavy atom. The fraction of sp³-hybridized carbons (Fsp3) is 0.312. The van der Waals surface area contributed by atoms with Gasteiger partial charge in [0.05, 0.1) is 24.5 Å². The molecule has 2 aromatic rings. The third kappa shape index (κ3) is 3.56. The van der Waals surface area contributed by atoms with E-state index in [-0.39, 0.29) is 5.91 Å². The van der Waals surface area contributed by atoms with Crippen molar-refractivity contribution in [2.24, 2.45) is 0 Å². The summed E-state index contributed by atoms with van der Waals surface area (Å²) in [5, 5.41) is 2.83. The van der Waals surface area contributed by atoms with Gasteiger partial charge in [-0.2, -0.15) is 0 Å². The Kier molecular flexibility index (Phi) is 4.09. The van der Waals surface area contributed by atoms with Gasteiger partial charge in [-0.05, 0) is 18.4 Å². The number of carbonyl (C=O) groups is 1. The lowest BCUT2D eigenvalue weighted by molar-refractivity contribution is -0.115. The van der Waals surface area contributed by atoms with Gasteiger partial charge in [0, 0.05) is 13.1 Å². The molecule has 108 valence electrons. The predicted molar refractivity (Wildman–Crippen MR) is 82.3 cm³/mol. The van der Waals surface area contributed by atoms with E-state index in [0.29, 0.717) is 12.1 Å². The molecule has 0 unspecified atom stereocenters. The van der Waals surface area contributed by atoms with Crippen LogP contribution in [0, 0.1) is 0 Å². The Balaban J connectivity index is 1.58. The lowest BCUT2D eigenvalue weighted by Crippen LogP contribution is -2.21. The first-order chi connectivity index (χ1) is 10.3. The largest absolute Gasteiger partial charge is 0.341 e. The number of anilines is 2. The molecule has 1 aliphatic heterocycles. The van der Waals surface area contributed by atoms with Crippen molar-refractivity contribution in [2.75, 3.05) is 23.3 Å². The van der Waals surface area contributed by atoms with Gasteiger partial charge in [-0.25, -0.2) is 9.97 Å². The Bertz CT molecular complexity index is 591. The minimum Gasteiger partial charge on any atom is -0.341 e. The molecule has 1 aromatic carbocycles. The van der Waals surface area contributed by atoms with E-state index in [1.165, 1.54) is 12.8 Å². The molecule has 0 radical (unpaired) electrons. The zero-order valence-corrected chi connectivity index (χ0v) is 11.8. The third-order valence-corrected chi connectivity index (χ3v) is 3.52. The summed E-state index contributed by atoms with van der Waals surface area (Å²) in [6.07, 6.45) is 6.08. The molecule has 0 spiro atoms. The number of carbonyl (C=O) groups excluding carboxylic acids is 1. The summed E-state index contributed by atoms with van der Waals surface area (Å²) in [6.45, 7) is 2.03. The topological polar surface area (TPSA) is 58.1 Å². The molecular weight excluding hydrogens is 264 g/mol. The van der Waals surface area contributed by atoms with Gasteiger partial charge in [0.1, 0.15) is 0 Å². The summed E-state index contributed by atoms with van der Waals surface area (Å²) < 4.78 is 0. The number of nitrogens with zero attached hydrogens (tertiary/aromatic N) is 3. The number of benzene rings is 1. The molecule has 1 aliphatic rings. The molecule has 1 fully saturated rings. The maximum Gasteiger partial charge on any atom is 0.228 e. The average molecular weight is 282 g/mol. The second-order valence-corrected chi connectivity index (χ2v) is 5.18. The molecule has 0 saturated carbocycles. The van der Waals surface area contributed by atoms with Crippen molar-refractivity contribution in [1.82, 2.24) is 9.97 Å². The number of rotatable bonds is 4. The number of nitrogens with one attached hydrogen (secondary N) is 1. The van der Waals surface area contributed by atoms with Crippen LogP contribution < -0.4 is 10.2 Å². The van der Waals surface area contributed by atoms with E-state index in [0.717, 1.165) is 24.6 Å². The van der Waals surface area contributed by atoms with Crippen molar-refractivity contribution in [3.63, 3.8) is 0 Å². The second-order valence-electron chi connectivity index (χ2n) is 5.18. The van der Waals surface area contributed by atoms with Gasteiger partial charge in [-0.3, -0.25) is 4.79 Å². The molecule has 3 rings (SSSR count). The molecule has 1 N–H and O–H groups in total. The molecule has 21 heavy (non-hydrogen) atoms. The van der Waals surface area contributed by atoms with Crippen LogP contribution in [0.25, 0.3) is 0 Å². The SMILES string of the molecule is O=C(Cc1ccccc1)Nc1cnc(N2CCCC2)nc1. The number of amides is 1. The summed E-state index contributed by atoms with van der Waals surface area (Å²) in [7, 11) is 0. The van der Waals surface area contributed by atoms with Crippen LogP contribution in [-0.4, -0.2) is 29.0 Å². The number of hydrogen-bond donors (Lipinski definition) is 1. The van der Waals surface area contributed by atoms with Crippen molar-refractivity contribution in [3.05, 3.63) is 48.3 Å². The predicted octanol–water partition coefficient (Wildman–Crippen LogP) is 2.26. The Labute approximate surface area is 124 Å². The van der Waals surface area contributed by atoms with Crippen LogP contribution in [-0.2, 0) is 11.2 Å². The van der Waals surface area contributed by atoms with E-state index in [1.54, 1.807) is 12.4 Å². The molecule has 2 heterocycles. The Morgan fingerprint density at radius 1 is 1.10 bits per heavy atom. The Morgan fingerprint density at radius 2 is 1.76 bits per heavy atom. The van der Waals surface area contributed by atoms with Crippen LogP contribution in [0.2, 0.25) is 0 Å². The van der Waals surface area contributed by atoms with E-state index in [2.05, 4.69) is 20.2 Å². The average Bonchev–Trinajstić information content (AvgIpc) is 3.03. The fourth-order valence-corrected chi connectivity index (χ4v) is 2.45. The van der Waals surface area contributed by atoms with Gasteiger partial charge in [0.15, 0.2) is 0 Å². The van der Waals surface area contributed by atoms with Crippen molar-refractivity contribution in [2.45, 2.75) is 19.3 Å². The Hall–Kier alpha value is -2.43. The summed E-state index contributed by atoms with van der Waals surface area (Å²) in [5.74, 6) is 0.687. The number of aromatic nitrogens is 2. The van der Waals surface area contributed by atoms with Crippen LogP contribution >= 0.6 is 0 Å². The van der Waals surface area contributed by atoms with Gasteiger partial charge < -0.3 is 10.2 Å². The van der Waals surface area contributed by atoms with Crippen LogP contribution in [0.1, 0.15) is 18.4 Å². The molecule has 1 saturated heterocycles. The standard InChI is InChI=1S/C16H18N4O/c21-15(10-13-6-2-1-3-7-13)19-14-11-17-16(18-12-14)20-8-4-5-9-20/h1-3,6-7,11-12H,4-5,8-10H2,(H,19,21). The van der Waals surface area contributed by atoms with Crippen LogP contribution in [0.3, 0.4) is 0 Å². The minimum atomic E-state index is -0.0567. The summed E-state index contributed by atoms with van der Waals surface area (Å²) >= 11 is 0. The van der Waals surface area contributed by atoms with Crippen LogP contribution in [0.5, 0.6) is 0 Å². The van der Waals surface area contributed by atoms with E-state index in [1.807, 2.05) is 30.3 Å². The zero-order valence-electron chi connectivity index (χ0n) is 11.8. The zero-order chi connectivity index (χ0) is 14.5. The van der Waals surface area contributed by atoms with Crippen LogP contribution in [0.15, 0.2) is 42.7 Å². The first-order valence-corrected chi connectivity index (χ1v) is 7.22. The molecule has 1 aromatic heterocycles. The van der Waals surface area contributed by atoms with Gasteiger partial charge in [0.2, 0.25) is 11.9 Å². The highest BCUT2D eigenvalue weighted by Gasteiger charge is 2.14. The summed E-state index contributed by atoms with van der Waals surface area (Å²) in [4.78, 5) is 22.7. The van der Waals surface area contributed by atoms with Crippen molar-refractivity contribution in [3.8, 4) is 0 Å². The maximum absolute atomic E-state index is 11.9. The van der Waals surface area contributed by atoms with Gasteiger partial charge in [-0.15, -0.1) is 0 Å². The van der Waals surface area contributed by atoms with Crippen LogP contribution in [0.4, 0.5) is 11.6 Å². The lowest BCUT2D eigenvalue weighted by Gasteiger charge is -2.14. The van der Waals surface area contributed by atoms with E-state index in [9.17, 15) is 4.79 Å². The molecular formula is C16H18N4O. The van der Waals surface area contributed by atoms with Gasteiger partial charge in [-0.1, -0.05) is 30.3 Å². The first kappa shape index (κ1) is 13.5. The monoisotopic (exact) mass is 282 g/mol. The normalized spacial score (nSPS) is 14.2. The summed E-state index contributed by atoms with van der Waals surface area (Å²) in [6, 6.07) is 9.67. The van der Waals surface area contributed by atoms with Gasteiger partial charge >= 0.3 is 0 Å². The molecule has 5 heteroatoms. The van der Waals surface area contributed by atoms with Crippen molar-refractivity contribution in [1.29, 1.82) is 0 Å². The molecule has 0 aliphatic carbocycles. The summed E-state index contributed by atoms with van der Waals surface area (Å²) in [5.41, 5.74) is 1.63. The number of hydrogen-bond acceptors (Lipinski definition) is 4. The maximum atomic E-state index is 11.9. The highest BCUT2D eigenvalue weighted by molar-refractivity contribution is 5.91.